The second-order valence-electron chi connectivity index (χ2n) is 7.69. The number of aryl methyl sites for hydroxylation is 1. The predicted octanol–water partition coefficient (Wildman–Crippen LogP) is 4.08. The van der Waals surface area contributed by atoms with Gasteiger partial charge in [-0.1, -0.05) is 15.9 Å². The summed E-state index contributed by atoms with van der Waals surface area (Å²) in [7, 11) is 0. The van der Waals surface area contributed by atoms with Crippen molar-refractivity contribution in [2.45, 2.75) is 33.3 Å². The molecule has 1 atom stereocenters. The molecule has 31 heavy (non-hydrogen) atoms. The summed E-state index contributed by atoms with van der Waals surface area (Å²) in [6.07, 6.45) is 0.111. The first kappa shape index (κ1) is 22.8. The van der Waals surface area contributed by atoms with Crippen LogP contribution < -0.4 is 15.0 Å². The normalized spacial score (nSPS) is 15.8. The molecule has 7 nitrogen and oxygen atoms in total. The van der Waals surface area contributed by atoms with Crippen molar-refractivity contribution in [1.29, 1.82) is 0 Å². The van der Waals surface area contributed by atoms with E-state index in [1.807, 2.05) is 32.9 Å². The van der Waals surface area contributed by atoms with E-state index in [-0.39, 0.29) is 25.0 Å². The maximum Gasteiger partial charge on any atom is 0.311 e. The Balaban J connectivity index is 1.51. The number of hydrogen-bond donors (Lipinski definition) is 1. The number of esters is 1. The van der Waals surface area contributed by atoms with Crippen LogP contribution in [0.3, 0.4) is 0 Å². The molecular formula is C23H25BrN2O5. The molecule has 2 aromatic rings. The minimum absolute atomic E-state index is 0.0522. The first-order valence-corrected chi connectivity index (χ1v) is 10.8. The Bertz CT molecular complexity index is 974. The average Bonchev–Trinajstić information content (AvgIpc) is 3.11. The lowest BCUT2D eigenvalue weighted by molar-refractivity contribution is -0.151. The van der Waals surface area contributed by atoms with Gasteiger partial charge in [-0.15, -0.1) is 0 Å². The van der Waals surface area contributed by atoms with Crippen molar-refractivity contribution in [2.75, 3.05) is 23.4 Å². The molecule has 1 heterocycles. The fraction of sp³-hybridized carbons (Fsp3) is 0.348. The molecule has 2 amide bonds. The van der Waals surface area contributed by atoms with E-state index in [9.17, 15) is 14.4 Å². The van der Waals surface area contributed by atoms with Crippen molar-refractivity contribution >= 4 is 45.1 Å². The molecule has 0 aromatic heterocycles. The molecule has 0 aliphatic carbocycles. The van der Waals surface area contributed by atoms with Gasteiger partial charge in [-0.3, -0.25) is 14.4 Å². The van der Waals surface area contributed by atoms with Gasteiger partial charge in [0, 0.05) is 28.8 Å². The zero-order valence-corrected chi connectivity index (χ0v) is 19.3. The van der Waals surface area contributed by atoms with Gasteiger partial charge in [-0.25, -0.2) is 0 Å². The van der Waals surface area contributed by atoms with Crippen LogP contribution in [0.5, 0.6) is 5.75 Å². The Morgan fingerprint density at radius 3 is 2.55 bits per heavy atom. The molecule has 0 saturated carbocycles. The van der Waals surface area contributed by atoms with E-state index in [4.69, 9.17) is 9.47 Å². The van der Waals surface area contributed by atoms with Gasteiger partial charge in [0.05, 0.1) is 12.0 Å². The number of anilines is 2. The Morgan fingerprint density at radius 2 is 1.90 bits per heavy atom. The standard InChI is InChI=1S/C23H25BrN2O5/c1-14(2)31-19-7-5-18(6-8-19)26-12-16(11-22(26)28)23(29)30-13-21(27)25-17-4-9-20(24)15(3)10-17/h4-10,14,16H,11-13H2,1-3H3,(H,25,27)/t16-/m0/s1. The smallest absolute Gasteiger partial charge is 0.311 e. The second-order valence-corrected chi connectivity index (χ2v) is 8.54. The van der Waals surface area contributed by atoms with E-state index in [1.165, 1.54) is 0 Å². The van der Waals surface area contributed by atoms with Crippen LogP contribution in [0.25, 0.3) is 0 Å². The summed E-state index contributed by atoms with van der Waals surface area (Å²) in [5, 5.41) is 2.69. The van der Waals surface area contributed by atoms with E-state index in [2.05, 4.69) is 21.2 Å². The van der Waals surface area contributed by atoms with Crippen molar-refractivity contribution in [3.05, 3.63) is 52.5 Å². The van der Waals surface area contributed by atoms with E-state index in [0.717, 1.165) is 10.0 Å². The van der Waals surface area contributed by atoms with E-state index in [0.29, 0.717) is 17.1 Å². The van der Waals surface area contributed by atoms with Crippen LogP contribution in [-0.2, 0) is 19.1 Å². The molecule has 1 aliphatic rings. The van der Waals surface area contributed by atoms with Crippen LogP contribution in [-0.4, -0.2) is 37.0 Å². The van der Waals surface area contributed by atoms with Gasteiger partial charge in [0.15, 0.2) is 6.61 Å². The molecule has 0 unspecified atom stereocenters. The van der Waals surface area contributed by atoms with E-state index < -0.39 is 24.4 Å². The molecule has 0 bridgehead atoms. The topological polar surface area (TPSA) is 84.9 Å². The summed E-state index contributed by atoms with van der Waals surface area (Å²) in [6.45, 7) is 5.60. The summed E-state index contributed by atoms with van der Waals surface area (Å²) in [5.41, 5.74) is 2.29. The number of benzene rings is 2. The lowest BCUT2D eigenvalue weighted by Gasteiger charge is -2.17. The van der Waals surface area contributed by atoms with Crippen molar-refractivity contribution in [1.82, 2.24) is 0 Å². The monoisotopic (exact) mass is 488 g/mol. The molecule has 8 heteroatoms. The number of halogens is 1. The fourth-order valence-electron chi connectivity index (χ4n) is 3.27. The molecule has 1 fully saturated rings. The highest BCUT2D eigenvalue weighted by Crippen LogP contribution is 2.28. The van der Waals surface area contributed by atoms with Crippen LogP contribution >= 0.6 is 15.9 Å². The number of nitrogens with zero attached hydrogens (tertiary/aromatic N) is 1. The Morgan fingerprint density at radius 1 is 1.19 bits per heavy atom. The average molecular weight is 489 g/mol. The zero-order chi connectivity index (χ0) is 22.5. The molecule has 1 N–H and O–H groups in total. The Kier molecular flexibility index (Phi) is 7.33. The highest BCUT2D eigenvalue weighted by Gasteiger charge is 2.36. The SMILES string of the molecule is Cc1cc(NC(=O)COC(=O)[C@H]2CC(=O)N(c3ccc(OC(C)C)cc3)C2)ccc1Br. The number of rotatable bonds is 7. The number of nitrogens with one attached hydrogen (secondary N) is 1. The summed E-state index contributed by atoms with van der Waals surface area (Å²) in [5.74, 6) is -1.04. The quantitative estimate of drug-likeness (QED) is 0.593. The molecule has 1 aliphatic heterocycles. The number of carbonyl (C=O) groups is 3. The van der Waals surface area contributed by atoms with Crippen molar-refractivity contribution < 1.29 is 23.9 Å². The van der Waals surface area contributed by atoms with Crippen LogP contribution in [0.1, 0.15) is 25.8 Å². The number of hydrogen-bond acceptors (Lipinski definition) is 5. The molecule has 164 valence electrons. The Labute approximate surface area is 189 Å². The maximum atomic E-state index is 12.4. The lowest BCUT2D eigenvalue weighted by Crippen LogP contribution is -2.28. The van der Waals surface area contributed by atoms with Crippen LogP contribution in [0.15, 0.2) is 46.9 Å². The van der Waals surface area contributed by atoms with Crippen molar-refractivity contribution in [3.63, 3.8) is 0 Å². The van der Waals surface area contributed by atoms with Gasteiger partial charge in [0.25, 0.3) is 5.91 Å². The Hall–Kier alpha value is -2.87. The van der Waals surface area contributed by atoms with Crippen LogP contribution in [0.2, 0.25) is 0 Å². The third-order valence-electron chi connectivity index (χ3n) is 4.77. The summed E-state index contributed by atoms with van der Waals surface area (Å²) < 4.78 is 11.7. The van der Waals surface area contributed by atoms with Gasteiger partial charge >= 0.3 is 5.97 Å². The summed E-state index contributed by atoms with van der Waals surface area (Å²) >= 11 is 3.40. The number of amides is 2. The molecule has 0 spiro atoms. The highest BCUT2D eigenvalue weighted by atomic mass is 79.9. The first-order chi connectivity index (χ1) is 14.7. The van der Waals surface area contributed by atoms with Crippen LogP contribution in [0, 0.1) is 12.8 Å². The fourth-order valence-corrected chi connectivity index (χ4v) is 3.51. The van der Waals surface area contributed by atoms with Gasteiger partial charge in [-0.05, 0) is 68.8 Å². The molecular weight excluding hydrogens is 464 g/mol. The van der Waals surface area contributed by atoms with Gasteiger partial charge in [0.1, 0.15) is 5.75 Å². The lowest BCUT2D eigenvalue weighted by atomic mass is 10.1. The van der Waals surface area contributed by atoms with Crippen molar-refractivity contribution in [3.8, 4) is 5.75 Å². The zero-order valence-electron chi connectivity index (χ0n) is 17.7. The highest BCUT2D eigenvalue weighted by molar-refractivity contribution is 9.10. The number of ether oxygens (including phenoxy) is 2. The van der Waals surface area contributed by atoms with Gasteiger partial charge in [-0.2, -0.15) is 0 Å². The van der Waals surface area contributed by atoms with Gasteiger partial charge in [0.2, 0.25) is 5.91 Å². The molecule has 1 saturated heterocycles. The molecule has 2 aromatic carbocycles. The third kappa shape index (κ3) is 6.07. The van der Waals surface area contributed by atoms with E-state index >= 15 is 0 Å². The largest absolute Gasteiger partial charge is 0.491 e. The molecule has 3 rings (SSSR count). The van der Waals surface area contributed by atoms with Crippen LogP contribution in [0.4, 0.5) is 11.4 Å². The maximum absolute atomic E-state index is 12.4. The summed E-state index contributed by atoms with van der Waals surface area (Å²) in [4.78, 5) is 38.4. The minimum Gasteiger partial charge on any atom is -0.491 e. The predicted molar refractivity (Wildman–Crippen MR) is 121 cm³/mol. The second kappa shape index (κ2) is 9.96. The first-order valence-electron chi connectivity index (χ1n) is 10.0. The number of carbonyl (C=O) groups excluding carboxylic acids is 3. The molecule has 0 radical (unpaired) electrons. The third-order valence-corrected chi connectivity index (χ3v) is 5.66. The van der Waals surface area contributed by atoms with Crippen molar-refractivity contribution in [2.24, 2.45) is 5.92 Å². The summed E-state index contributed by atoms with van der Waals surface area (Å²) in [6, 6.07) is 12.6. The van der Waals surface area contributed by atoms with Gasteiger partial charge < -0.3 is 19.7 Å². The van der Waals surface area contributed by atoms with E-state index in [1.54, 1.807) is 35.2 Å². The minimum atomic E-state index is -0.609.